The van der Waals surface area contributed by atoms with E-state index in [1.165, 1.54) is 0 Å². The molecule has 0 aromatic carbocycles. The summed E-state index contributed by atoms with van der Waals surface area (Å²) in [4.78, 5) is 1.08. The molecule has 1 aromatic heterocycles. The van der Waals surface area contributed by atoms with Crippen LogP contribution >= 0.6 is 0 Å². The number of hydrogen-bond donors (Lipinski definition) is 0. The fourth-order valence-electron chi connectivity index (χ4n) is 2.12. The number of aromatic nitrogens is 2. The molecule has 3 nitrogen and oxygen atoms in total. The van der Waals surface area contributed by atoms with Crippen molar-refractivity contribution in [1.82, 2.24) is 4.68 Å². The summed E-state index contributed by atoms with van der Waals surface area (Å²) < 4.78 is 1.88. The molecule has 0 unspecified atom stereocenters. The van der Waals surface area contributed by atoms with Gasteiger partial charge in [-0.15, -0.1) is 4.68 Å². The lowest BCUT2D eigenvalue weighted by Gasteiger charge is -2.27. The Hall–Kier alpha value is -0.990. The van der Waals surface area contributed by atoms with E-state index in [1.54, 1.807) is 0 Å². The minimum absolute atomic E-state index is 0.0388. The highest BCUT2D eigenvalue weighted by molar-refractivity contribution is 5.20. The maximum absolute atomic E-state index is 12.6. The lowest BCUT2D eigenvalue weighted by atomic mass is 9.87. The quantitative estimate of drug-likeness (QED) is 0.514. The molecule has 0 spiro atoms. The average Bonchev–Trinajstić information content (AvgIpc) is 2.39. The molecule has 1 aromatic rings. The normalized spacial score (nSPS) is 14.1. The highest BCUT2D eigenvalue weighted by Gasteiger charge is 2.37. The van der Waals surface area contributed by atoms with Crippen molar-refractivity contribution in [2.24, 2.45) is 0 Å². The fraction of sp³-hybridized carbons (Fsp3) is 0.800. The van der Waals surface area contributed by atoms with Crippen LogP contribution in [0.15, 0.2) is 6.07 Å². The van der Waals surface area contributed by atoms with E-state index in [9.17, 15) is 5.21 Å². The van der Waals surface area contributed by atoms with Crippen molar-refractivity contribution >= 4 is 0 Å². The van der Waals surface area contributed by atoms with E-state index in [0.717, 1.165) is 16.2 Å². The molecule has 0 fully saturated rings. The third-order valence-electron chi connectivity index (χ3n) is 3.06. The summed E-state index contributed by atoms with van der Waals surface area (Å²) in [6.07, 6.45) is 0. The molecule has 0 amide bonds. The molecule has 0 saturated carbocycles. The number of hydrogen-bond acceptors (Lipinski definition) is 1. The molecule has 0 radical (unpaired) electrons. The van der Waals surface area contributed by atoms with Crippen molar-refractivity contribution in [2.75, 3.05) is 0 Å². The van der Waals surface area contributed by atoms with Gasteiger partial charge in [-0.3, -0.25) is 0 Å². The summed E-state index contributed by atoms with van der Waals surface area (Å²) in [6.45, 7) is 18.9. The summed E-state index contributed by atoms with van der Waals surface area (Å²) in [7, 11) is 0. The van der Waals surface area contributed by atoms with E-state index in [-0.39, 0.29) is 16.4 Å². The van der Waals surface area contributed by atoms with E-state index < -0.39 is 0 Å². The Morgan fingerprint density at radius 1 is 0.889 bits per heavy atom. The first kappa shape index (κ1) is 15.1. The van der Waals surface area contributed by atoms with Crippen LogP contribution in [-0.4, -0.2) is 4.68 Å². The van der Waals surface area contributed by atoms with Gasteiger partial charge in [0.05, 0.1) is 16.6 Å². The standard InChI is InChI=1S/C15H28N2O/c1-13(2,3)11-10-12(14(4,5)6)17(18)16(11)15(7,8)9/h10H,1-9H3. The first-order chi connectivity index (χ1) is 7.76. The topological polar surface area (TPSA) is 31.9 Å². The molecule has 0 atom stereocenters. The maximum atomic E-state index is 12.6. The molecule has 1 heterocycles. The molecule has 104 valence electrons. The molecule has 0 bridgehead atoms. The minimum atomic E-state index is -0.214. The maximum Gasteiger partial charge on any atom is 0.226 e. The first-order valence-corrected chi connectivity index (χ1v) is 6.63. The number of rotatable bonds is 0. The summed E-state index contributed by atoms with van der Waals surface area (Å²) in [5.41, 5.74) is 1.53. The molecule has 3 heteroatoms. The lowest BCUT2D eigenvalue weighted by molar-refractivity contribution is -0.712. The molecule has 18 heavy (non-hydrogen) atoms. The zero-order valence-electron chi connectivity index (χ0n) is 13.4. The summed E-state index contributed by atoms with van der Waals surface area (Å²) >= 11 is 0. The van der Waals surface area contributed by atoms with E-state index in [2.05, 4.69) is 68.4 Å². The molecule has 0 aliphatic rings. The van der Waals surface area contributed by atoms with Gasteiger partial charge in [0.25, 0.3) is 0 Å². The second-order valence-electron chi connectivity index (χ2n) is 8.17. The van der Waals surface area contributed by atoms with Gasteiger partial charge in [-0.25, -0.2) is 0 Å². The van der Waals surface area contributed by atoms with E-state index in [1.807, 2.05) is 4.68 Å². The van der Waals surface area contributed by atoms with Crippen molar-refractivity contribution < 1.29 is 4.85 Å². The summed E-state index contributed by atoms with van der Waals surface area (Å²) in [6, 6.07) is 2.07. The first-order valence-electron chi connectivity index (χ1n) is 6.63. The Labute approximate surface area is 111 Å². The van der Waals surface area contributed by atoms with Gasteiger partial charge in [0.2, 0.25) is 5.69 Å². The van der Waals surface area contributed by atoms with Crippen LogP contribution in [-0.2, 0) is 16.4 Å². The zero-order chi connectivity index (χ0) is 14.5. The van der Waals surface area contributed by atoms with Gasteiger partial charge in [-0.1, -0.05) is 46.4 Å². The van der Waals surface area contributed by atoms with Crippen LogP contribution < -0.4 is 4.85 Å². The summed E-state index contributed by atoms with van der Waals surface area (Å²) in [5.74, 6) is 0. The van der Waals surface area contributed by atoms with Gasteiger partial charge in [-0.2, -0.15) is 0 Å². The predicted octanol–water partition coefficient (Wildman–Crippen LogP) is 3.47. The van der Waals surface area contributed by atoms with E-state index in [4.69, 9.17) is 0 Å². The van der Waals surface area contributed by atoms with Gasteiger partial charge in [0, 0.05) is 11.5 Å². The Morgan fingerprint density at radius 3 is 1.56 bits per heavy atom. The SMILES string of the molecule is CC(C)(C)c1cc(C(C)(C)C)[n+]([O-])n1C(C)(C)C. The van der Waals surface area contributed by atoms with Crippen molar-refractivity contribution in [3.63, 3.8) is 0 Å². The monoisotopic (exact) mass is 252 g/mol. The molecule has 0 aliphatic carbocycles. The highest BCUT2D eigenvalue weighted by Crippen LogP contribution is 2.30. The van der Waals surface area contributed by atoms with E-state index >= 15 is 0 Å². The third-order valence-corrected chi connectivity index (χ3v) is 3.06. The Kier molecular flexibility index (Phi) is 3.35. The number of nitrogens with zero attached hydrogens (tertiary/aromatic N) is 2. The Balaban J connectivity index is 3.63. The van der Waals surface area contributed by atoms with Crippen LogP contribution in [0.25, 0.3) is 0 Å². The molecule has 0 saturated heterocycles. The third kappa shape index (κ3) is 2.70. The van der Waals surface area contributed by atoms with Crippen LogP contribution in [0.3, 0.4) is 0 Å². The van der Waals surface area contributed by atoms with Crippen molar-refractivity contribution in [3.05, 3.63) is 22.7 Å². The van der Waals surface area contributed by atoms with Crippen LogP contribution in [0.4, 0.5) is 0 Å². The predicted molar refractivity (Wildman–Crippen MR) is 75.8 cm³/mol. The van der Waals surface area contributed by atoms with Gasteiger partial charge in [0.15, 0.2) is 0 Å². The molecular weight excluding hydrogens is 224 g/mol. The van der Waals surface area contributed by atoms with Crippen molar-refractivity contribution in [3.8, 4) is 0 Å². The Bertz CT molecular complexity index is 437. The molecular formula is C15H28N2O. The molecule has 0 N–H and O–H groups in total. The second kappa shape index (κ2) is 4.01. The largest absolute Gasteiger partial charge is 0.596 e. The van der Waals surface area contributed by atoms with E-state index in [0.29, 0.717) is 0 Å². The van der Waals surface area contributed by atoms with Crippen LogP contribution in [0.2, 0.25) is 0 Å². The van der Waals surface area contributed by atoms with Gasteiger partial charge in [-0.05, 0) is 20.8 Å². The minimum Gasteiger partial charge on any atom is -0.596 e. The lowest BCUT2D eigenvalue weighted by Crippen LogP contribution is -2.51. The zero-order valence-corrected chi connectivity index (χ0v) is 13.4. The molecule has 1 rings (SSSR count). The smallest absolute Gasteiger partial charge is 0.226 e. The highest BCUT2D eigenvalue weighted by atomic mass is 16.5. The van der Waals surface area contributed by atoms with Crippen molar-refractivity contribution in [1.29, 1.82) is 0 Å². The Morgan fingerprint density at radius 2 is 1.33 bits per heavy atom. The van der Waals surface area contributed by atoms with Gasteiger partial charge < -0.3 is 5.21 Å². The average molecular weight is 252 g/mol. The van der Waals surface area contributed by atoms with Crippen LogP contribution in [0.1, 0.15) is 73.7 Å². The molecule has 0 aliphatic heterocycles. The van der Waals surface area contributed by atoms with Crippen LogP contribution in [0, 0.1) is 5.21 Å². The van der Waals surface area contributed by atoms with Crippen LogP contribution in [0.5, 0.6) is 0 Å². The second-order valence-corrected chi connectivity index (χ2v) is 8.17. The van der Waals surface area contributed by atoms with Gasteiger partial charge >= 0.3 is 0 Å². The van der Waals surface area contributed by atoms with Crippen molar-refractivity contribution in [2.45, 2.75) is 78.7 Å². The summed E-state index contributed by atoms with van der Waals surface area (Å²) in [5, 5.41) is 12.6. The van der Waals surface area contributed by atoms with Gasteiger partial charge in [0.1, 0.15) is 0 Å². The fourth-order valence-corrected chi connectivity index (χ4v) is 2.12.